The summed E-state index contributed by atoms with van der Waals surface area (Å²) in [5, 5.41) is 12.9. The van der Waals surface area contributed by atoms with Crippen molar-refractivity contribution in [3.05, 3.63) is 0 Å². The summed E-state index contributed by atoms with van der Waals surface area (Å²) in [6.45, 7) is 10.5. The van der Waals surface area contributed by atoms with E-state index in [1.807, 2.05) is 6.92 Å². The van der Waals surface area contributed by atoms with Gasteiger partial charge in [-0.05, 0) is 38.8 Å². The van der Waals surface area contributed by atoms with E-state index in [0.29, 0.717) is 6.04 Å². The average Bonchev–Trinajstić information content (AvgIpc) is 2.14. The third-order valence-corrected chi connectivity index (χ3v) is 2.94. The zero-order valence-electron chi connectivity index (χ0n) is 10.4. The maximum Gasteiger partial charge on any atom is 0.0639 e. The molecule has 2 N–H and O–H groups in total. The predicted octanol–water partition coefficient (Wildman–Crippen LogP) is 1.08. The smallest absolute Gasteiger partial charge is 0.0639 e. The van der Waals surface area contributed by atoms with E-state index in [2.05, 4.69) is 24.1 Å². The van der Waals surface area contributed by atoms with Gasteiger partial charge in [0.25, 0.3) is 0 Å². The van der Waals surface area contributed by atoms with Crippen LogP contribution in [0.15, 0.2) is 0 Å². The number of hydrogen-bond acceptors (Lipinski definition) is 3. The second kappa shape index (κ2) is 6.46. The number of hydrogen-bond donors (Lipinski definition) is 2. The van der Waals surface area contributed by atoms with Gasteiger partial charge < -0.3 is 15.3 Å². The van der Waals surface area contributed by atoms with Gasteiger partial charge in [0, 0.05) is 19.1 Å². The van der Waals surface area contributed by atoms with E-state index in [1.165, 1.54) is 12.8 Å². The molecule has 1 heterocycles. The number of β-amino-alcohol motifs (C(OH)–C–C–N with tert-alkyl or cyclic N) is 1. The standard InChI is InChI=1S/C12H26N2O/c1-10(2)13-7-12-5-4-6-14(9-12)8-11(3)15/h10-13,15H,4-9H2,1-3H3/t11-,12?/m0/s1. The maximum absolute atomic E-state index is 9.35. The van der Waals surface area contributed by atoms with Gasteiger partial charge in [-0.15, -0.1) is 0 Å². The Balaban J connectivity index is 2.23. The molecular formula is C12H26N2O. The van der Waals surface area contributed by atoms with Crippen LogP contribution in [0.5, 0.6) is 0 Å². The number of aliphatic hydroxyl groups is 1. The van der Waals surface area contributed by atoms with Crippen molar-refractivity contribution in [3.63, 3.8) is 0 Å². The lowest BCUT2D eigenvalue weighted by Gasteiger charge is -2.33. The largest absolute Gasteiger partial charge is 0.392 e. The van der Waals surface area contributed by atoms with Crippen molar-refractivity contribution in [2.45, 2.75) is 45.8 Å². The number of likely N-dealkylation sites (tertiary alicyclic amines) is 1. The van der Waals surface area contributed by atoms with Gasteiger partial charge in [-0.2, -0.15) is 0 Å². The highest BCUT2D eigenvalue weighted by atomic mass is 16.3. The molecule has 1 aliphatic rings. The number of nitrogens with one attached hydrogen (secondary N) is 1. The highest BCUT2D eigenvalue weighted by molar-refractivity contribution is 4.76. The van der Waals surface area contributed by atoms with Crippen molar-refractivity contribution in [2.24, 2.45) is 5.92 Å². The average molecular weight is 214 g/mol. The molecule has 0 aromatic carbocycles. The first kappa shape index (κ1) is 12.9. The fourth-order valence-corrected chi connectivity index (χ4v) is 2.26. The van der Waals surface area contributed by atoms with Gasteiger partial charge in [0.15, 0.2) is 0 Å². The van der Waals surface area contributed by atoms with Gasteiger partial charge in [0.05, 0.1) is 6.10 Å². The summed E-state index contributed by atoms with van der Waals surface area (Å²) in [6, 6.07) is 0.581. The third-order valence-electron chi connectivity index (χ3n) is 2.94. The minimum atomic E-state index is -0.193. The van der Waals surface area contributed by atoms with Crippen molar-refractivity contribution in [2.75, 3.05) is 26.2 Å². The summed E-state index contributed by atoms with van der Waals surface area (Å²) < 4.78 is 0. The van der Waals surface area contributed by atoms with E-state index in [4.69, 9.17) is 0 Å². The van der Waals surface area contributed by atoms with Crippen molar-refractivity contribution >= 4 is 0 Å². The molecule has 0 amide bonds. The molecule has 0 radical (unpaired) electrons. The Morgan fingerprint density at radius 2 is 2.13 bits per heavy atom. The molecule has 90 valence electrons. The summed E-state index contributed by atoms with van der Waals surface area (Å²) in [7, 11) is 0. The van der Waals surface area contributed by atoms with Crippen LogP contribution >= 0.6 is 0 Å². The lowest BCUT2D eigenvalue weighted by molar-refractivity contribution is 0.0940. The summed E-state index contributed by atoms with van der Waals surface area (Å²) in [5.41, 5.74) is 0. The van der Waals surface area contributed by atoms with Crippen LogP contribution in [0.1, 0.15) is 33.6 Å². The topological polar surface area (TPSA) is 35.5 Å². The van der Waals surface area contributed by atoms with Crippen molar-refractivity contribution in [3.8, 4) is 0 Å². The Morgan fingerprint density at radius 3 is 2.73 bits per heavy atom. The Morgan fingerprint density at radius 1 is 1.40 bits per heavy atom. The summed E-state index contributed by atoms with van der Waals surface area (Å²) in [4.78, 5) is 2.39. The minimum Gasteiger partial charge on any atom is -0.392 e. The van der Waals surface area contributed by atoms with E-state index in [9.17, 15) is 5.11 Å². The molecule has 3 nitrogen and oxygen atoms in total. The lowest BCUT2D eigenvalue weighted by atomic mass is 9.97. The summed E-state index contributed by atoms with van der Waals surface area (Å²) in [6.07, 6.45) is 2.41. The molecule has 1 fully saturated rings. The van der Waals surface area contributed by atoms with Crippen molar-refractivity contribution < 1.29 is 5.11 Å². The van der Waals surface area contributed by atoms with E-state index in [-0.39, 0.29) is 6.10 Å². The van der Waals surface area contributed by atoms with Gasteiger partial charge in [0.2, 0.25) is 0 Å². The molecule has 0 spiro atoms. The highest BCUT2D eigenvalue weighted by Crippen LogP contribution is 2.15. The fourth-order valence-electron chi connectivity index (χ4n) is 2.26. The second-order valence-corrected chi connectivity index (χ2v) is 5.18. The molecule has 1 unspecified atom stereocenters. The quantitative estimate of drug-likeness (QED) is 0.719. The van der Waals surface area contributed by atoms with Gasteiger partial charge in [-0.3, -0.25) is 0 Å². The maximum atomic E-state index is 9.35. The Kier molecular flexibility index (Phi) is 5.58. The zero-order chi connectivity index (χ0) is 11.3. The van der Waals surface area contributed by atoms with Crippen LogP contribution in [0.4, 0.5) is 0 Å². The molecule has 0 bridgehead atoms. The van der Waals surface area contributed by atoms with Crippen LogP contribution in [0.25, 0.3) is 0 Å². The first-order valence-electron chi connectivity index (χ1n) is 6.21. The van der Waals surface area contributed by atoms with Crippen LogP contribution in [-0.4, -0.2) is 48.3 Å². The highest BCUT2D eigenvalue weighted by Gasteiger charge is 2.20. The Labute approximate surface area is 93.9 Å². The van der Waals surface area contributed by atoms with Gasteiger partial charge in [0.1, 0.15) is 0 Å². The molecule has 15 heavy (non-hydrogen) atoms. The predicted molar refractivity (Wildman–Crippen MR) is 64.0 cm³/mol. The van der Waals surface area contributed by atoms with E-state index in [0.717, 1.165) is 32.1 Å². The molecular weight excluding hydrogens is 188 g/mol. The molecule has 1 aliphatic heterocycles. The molecule has 3 heteroatoms. The first-order chi connectivity index (χ1) is 7.08. The molecule has 0 saturated carbocycles. The van der Waals surface area contributed by atoms with Gasteiger partial charge >= 0.3 is 0 Å². The molecule has 0 aromatic heterocycles. The van der Waals surface area contributed by atoms with E-state index >= 15 is 0 Å². The van der Waals surface area contributed by atoms with E-state index in [1.54, 1.807) is 0 Å². The molecule has 0 aliphatic carbocycles. The number of piperidine rings is 1. The Bertz CT molecular complexity index is 171. The molecule has 1 rings (SSSR count). The van der Waals surface area contributed by atoms with Crippen LogP contribution in [0.3, 0.4) is 0 Å². The van der Waals surface area contributed by atoms with Crippen LogP contribution in [0, 0.1) is 5.92 Å². The molecule has 2 atom stereocenters. The van der Waals surface area contributed by atoms with Crippen molar-refractivity contribution in [1.29, 1.82) is 0 Å². The molecule has 0 aromatic rings. The van der Waals surface area contributed by atoms with Crippen LogP contribution in [-0.2, 0) is 0 Å². The summed E-state index contributed by atoms with van der Waals surface area (Å²) in [5.74, 6) is 0.764. The second-order valence-electron chi connectivity index (χ2n) is 5.18. The van der Waals surface area contributed by atoms with E-state index < -0.39 is 0 Å². The SMILES string of the molecule is CC(C)NCC1CCCN(C[C@H](C)O)C1. The third kappa shape index (κ3) is 5.50. The zero-order valence-corrected chi connectivity index (χ0v) is 10.4. The van der Waals surface area contributed by atoms with Crippen LogP contribution < -0.4 is 5.32 Å². The molecule has 1 saturated heterocycles. The van der Waals surface area contributed by atoms with Crippen LogP contribution in [0.2, 0.25) is 0 Å². The lowest BCUT2D eigenvalue weighted by Crippen LogP contribution is -2.43. The summed E-state index contributed by atoms with van der Waals surface area (Å²) >= 11 is 0. The first-order valence-corrected chi connectivity index (χ1v) is 6.21. The van der Waals surface area contributed by atoms with Gasteiger partial charge in [-0.25, -0.2) is 0 Å². The monoisotopic (exact) mass is 214 g/mol. The van der Waals surface area contributed by atoms with Gasteiger partial charge in [-0.1, -0.05) is 13.8 Å². The normalized spacial score (nSPS) is 25.8. The fraction of sp³-hybridized carbons (Fsp3) is 1.00. The number of rotatable bonds is 5. The number of aliphatic hydroxyl groups excluding tert-OH is 1. The van der Waals surface area contributed by atoms with Crippen molar-refractivity contribution in [1.82, 2.24) is 10.2 Å². The number of nitrogens with zero attached hydrogens (tertiary/aromatic N) is 1. The minimum absolute atomic E-state index is 0.193. The Hall–Kier alpha value is -0.120.